The Morgan fingerprint density at radius 1 is 1.33 bits per heavy atom. The summed E-state index contributed by atoms with van der Waals surface area (Å²) in [5.74, 6) is 1.15. The number of hydrogen-bond acceptors (Lipinski definition) is 6. The molecule has 0 amide bonds. The molecule has 0 spiro atoms. The lowest BCUT2D eigenvalue weighted by Gasteiger charge is -2.15. The molecule has 8 nitrogen and oxygen atoms in total. The quantitative estimate of drug-likeness (QED) is 0.425. The van der Waals surface area contributed by atoms with E-state index in [9.17, 15) is 0 Å². The van der Waals surface area contributed by atoms with E-state index >= 15 is 0 Å². The molecule has 0 bridgehead atoms. The number of aryl methyl sites for hydroxylation is 1. The van der Waals surface area contributed by atoms with Crippen molar-refractivity contribution in [1.29, 1.82) is 0 Å². The molecule has 3 rings (SSSR count). The van der Waals surface area contributed by atoms with Gasteiger partial charge in [0, 0.05) is 6.07 Å². The van der Waals surface area contributed by atoms with Gasteiger partial charge in [0.1, 0.15) is 24.5 Å². The number of nitrogens with zero attached hydrogens (tertiary/aromatic N) is 5. The van der Waals surface area contributed by atoms with Gasteiger partial charge in [-0.3, -0.25) is 10.3 Å². The van der Waals surface area contributed by atoms with Gasteiger partial charge in [-0.25, -0.2) is 9.50 Å². The minimum atomic E-state index is -0.213. The first-order valence-electron chi connectivity index (χ1n) is 7.43. The van der Waals surface area contributed by atoms with E-state index in [1.54, 1.807) is 10.8 Å². The van der Waals surface area contributed by atoms with Gasteiger partial charge in [-0.1, -0.05) is 18.2 Å². The van der Waals surface area contributed by atoms with Gasteiger partial charge in [-0.05, 0) is 25.5 Å². The molecule has 1 unspecified atom stereocenters. The summed E-state index contributed by atoms with van der Waals surface area (Å²) in [4.78, 5) is 17.4. The maximum atomic E-state index is 5.99. The molecule has 0 saturated heterocycles. The van der Waals surface area contributed by atoms with Crippen LogP contribution >= 0.6 is 0 Å². The van der Waals surface area contributed by atoms with Crippen LogP contribution in [0.1, 0.15) is 24.3 Å². The van der Waals surface area contributed by atoms with Crippen molar-refractivity contribution < 1.29 is 9.57 Å². The van der Waals surface area contributed by atoms with Crippen molar-refractivity contribution in [2.45, 2.75) is 20.0 Å². The first-order chi connectivity index (χ1) is 11.7. The highest BCUT2D eigenvalue weighted by molar-refractivity contribution is 5.57. The summed E-state index contributed by atoms with van der Waals surface area (Å²) in [6, 6.07) is 9.71. The minimum absolute atomic E-state index is 0.213. The number of nitrogens with one attached hydrogen (secondary N) is 1. The summed E-state index contributed by atoms with van der Waals surface area (Å²) >= 11 is 0. The lowest BCUT2D eigenvalue weighted by atomic mass is 10.2. The lowest BCUT2D eigenvalue weighted by Crippen LogP contribution is -2.07. The number of benzene rings is 1. The molecule has 3 aromatic rings. The Bertz CT molecular complexity index is 861. The van der Waals surface area contributed by atoms with Crippen LogP contribution in [0.4, 0.5) is 5.95 Å². The van der Waals surface area contributed by atoms with Crippen LogP contribution < -0.4 is 10.2 Å². The number of aliphatic imine (C=N–C) groups is 1. The Kier molecular flexibility index (Phi) is 4.66. The molecule has 2 aromatic heterocycles. The van der Waals surface area contributed by atoms with Crippen molar-refractivity contribution in [3.05, 3.63) is 47.9 Å². The van der Waals surface area contributed by atoms with Crippen molar-refractivity contribution >= 4 is 17.9 Å². The first-order valence-corrected chi connectivity index (χ1v) is 7.43. The second-order valence-electron chi connectivity index (χ2n) is 5.13. The molecule has 0 aliphatic carbocycles. The molecule has 124 valence electrons. The molecule has 0 fully saturated rings. The number of hydroxylamine groups is 1. The maximum absolute atomic E-state index is 5.99. The van der Waals surface area contributed by atoms with E-state index in [0.29, 0.717) is 11.6 Å². The van der Waals surface area contributed by atoms with Crippen LogP contribution in [0.25, 0.3) is 5.65 Å². The average molecular weight is 326 g/mol. The fraction of sp³-hybridized carbons (Fsp3) is 0.250. The van der Waals surface area contributed by atoms with Crippen molar-refractivity contribution in [1.82, 2.24) is 25.1 Å². The Morgan fingerprint density at radius 2 is 2.17 bits per heavy atom. The normalized spacial score (nSPS) is 12.6. The zero-order valence-electron chi connectivity index (χ0n) is 13.7. The van der Waals surface area contributed by atoms with Crippen LogP contribution in [0, 0.1) is 6.92 Å². The Labute approximate surface area is 139 Å². The van der Waals surface area contributed by atoms with E-state index in [0.717, 1.165) is 17.0 Å². The van der Waals surface area contributed by atoms with Crippen LogP contribution in [-0.2, 0) is 4.84 Å². The zero-order chi connectivity index (χ0) is 16.9. The third-order valence-corrected chi connectivity index (χ3v) is 3.40. The number of fused-ring (bicyclic) bond motifs is 1. The van der Waals surface area contributed by atoms with E-state index in [1.165, 1.54) is 13.4 Å². The third kappa shape index (κ3) is 3.49. The van der Waals surface area contributed by atoms with Gasteiger partial charge in [0.15, 0.2) is 5.65 Å². The summed E-state index contributed by atoms with van der Waals surface area (Å²) in [5, 5.41) is 4.19. The topological polar surface area (TPSA) is 85.9 Å². The molecule has 8 heteroatoms. The molecular formula is C16H18N6O2. The lowest BCUT2D eigenvalue weighted by molar-refractivity contribution is 0.148. The van der Waals surface area contributed by atoms with Crippen molar-refractivity contribution in [2.75, 3.05) is 7.11 Å². The average Bonchev–Trinajstić information content (AvgIpc) is 2.99. The highest BCUT2D eigenvalue weighted by Crippen LogP contribution is 2.24. The SMILES string of the molecule is CONC=Nc1nc2cc(C(C)Oc3ccccc3C)ncn2n1. The van der Waals surface area contributed by atoms with Crippen molar-refractivity contribution in [3.63, 3.8) is 0 Å². The molecule has 1 aromatic carbocycles. The molecule has 0 aliphatic heterocycles. The van der Waals surface area contributed by atoms with Gasteiger partial charge >= 0.3 is 0 Å². The van der Waals surface area contributed by atoms with Gasteiger partial charge in [-0.15, -0.1) is 5.10 Å². The predicted octanol–water partition coefficient (Wildman–Crippen LogP) is 2.38. The molecule has 0 radical (unpaired) electrons. The third-order valence-electron chi connectivity index (χ3n) is 3.40. The fourth-order valence-corrected chi connectivity index (χ4v) is 2.15. The molecule has 24 heavy (non-hydrogen) atoms. The minimum Gasteiger partial charge on any atom is -0.484 e. The number of rotatable bonds is 6. The standard InChI is InChI=1S/C16H18N6O2/c1-11-6-4-5-7-14(11)24-12(2)13-8-15-20-16(17-9-19-23-3)21-22(15)10-18-13/h4-10,12H,1-3H3,(H,17,19,21). The largest absolute Gasteiger partial charge is 0.484 e. The van der Waals surface area contributed by atoms with E-state index in [-0.39, 0.29) is 6.10 Å². The highest BCUT2D eigenvalue weighted by Gasteiger charge is 2.12. The van der Waals surface area contributed by atoms with E-state index in [2.05, 4.69) is 30.4 Å². The molecule has 0 saturated carbocycles. The highest BCUT2D eigenvalue weighted by atomic mass is 16.6. The van der Waals surface area contributed by atoms with Gasteiger partial charge < -0.3 is 4.74 Å². The molecule has 0 aliphatic rings. The first kappa shape index (κ1) is 15.9. The van der Waals surface area contributed by atoms with Crippen LogP contribution in [0.15, 0.2) is 41.7 Å². The number of aromatic nitrogens is 4. The van der Waals surface area contributed by atoms with Gasteiger partial charge in [0.2, 0.25) is 0 Å². The maximum Gasteiger partial charge on any atom is 0.270 e. The summed E-state index contributed by atoms with van der Waals surface area (Å²) in [7, 11) is 1.50. The van der Waals surface area contributed by atoms with Crippen LogP contribution in [0.2, 0.25) is 0 Å². The van der Waals surface area contributed by atoms with E-state index in [4.69, 9.17) is 4.74 Å². The second kappa shape index (κ2) is 7.05. The molecule has 2 heterocycles. The number of hydrogen-bond donors (Lipinski definition) is 1. The van der Waals surface area contributed by atoms with E-state index in [1.807, 2.05) is 44.2 Å². The Hall–Kier alpha value is -3.00. The van der Waals surface area contributed by atoms with E-state index < -0.39 is 0 Å². The van der Waals surface area contributed by atoms with Crippen LogP contribution in [0.3, 0.4) is 0 Å². The monoisotopic (exact) mass is 326 g/mol. The van der Waals surface area contributed by atoms with Gasteiger partial charge in [0.05, 0.1) is 12.8 Å². The fourth-order valence-electron chi connectivity index (χ4n) is 2.15. The van der Waals surface area contributed by atoms with Crippen molar-refractivity contribution in [3.8, 4) is 5.75 Å². The summed E-state index contributed by atoms with van der Waals surface area (Å²) in [5.41, 5.74) is 4.98. The Morgan fingerprint density at radius 3 is 2.96 bits per heavy atom. The smallest absolute Gasteiger partial charge is 0.270 e. The Balaban J connectivity index is 1.80. The molecule has 1 N–H and O–H groups in total. The zero-order valence-corrected chi connectivity index (χ0v) is 13.7. The van der Waals surface area contributed by atoms with Gasteiger partial charge in [-0.2, -0.15) is 9.98 Å². The summed E-state index contributed by atoms with van der Waals surface area (Å²) < 4.78 is 7.55. The predicted molar refractivity (Wildman–Crippen MR) is 89.3 cm³/mol. The van der Waals surface area contributed by atoms with Crippen LogP contribution in [-0.4, -0.2) is 33.0 Å². The molecular weight excluding hydrogens is 308 g/mol. The molecule has 1 atom stereocenters. The number of para-hydroxylation sites is 1. The van der Waals surface area contributed by atoms with Crippen LogP contribution in [0.5, 0.6) is 5.75 Å². The summed E-state index contributed by atoms with van der Waals surface area (Å²) in [6.45, 7) is 3.96. The second-order valence-corrected chi connectivity index (χ2v) is 5.13. The summed E-state index contributed by atoms with van der Waals surface area (Å²) in [6.07, 6.45) is 2.75. The van der Waals surface area contributed by atoms with Gasteiger partial charge in [0.25, 0.3) is 5.95 Å². The van der Waals surface area contributed by atoms with Crippen molar-refractivity contribution in [2.24, 2.45) is 4.99 Å². The number of ether oxygens (including phenoxy) is 1.